The zero-order valence-corrected chi connectivity index (χ0v) is 12.8. The second-order valence-electron chi connectivity index (χ2n) is 5.54. The number of hydrogen-bond donors (Lipinski definition) is 2. The molecule has 0 unspecified atom stereocenters. The molecule has 21 heavy (non-hydrogen) atoms. The highest BCUT2D eigenvalue weighted by atomic mass is 32.2. The van der Waals surface area contributed by atoms with E-state index in [9.17, 15) is 9.59 Å². The quantitative estimate of drug-likeness (QED) is 0.653. The summed E-state index contributed by atoms with van der Waals surface area (Å²) in [5.41, 5.74) is 0.484. The Balaban J connectivity index is 1.76. The fourth-order valence-electron chi connectivity index (χ4n) is 2.86. The zero-order chi connectivity index (χ0) is 14.9. The maximum atomic E-state index is 11.8. The summed E-state index contributed by atoms with van der Waals surface area (Å²) in [6.07, 6.45) is 1.83. The van der Waals surface area contributed by atoms with Crippen LogP contribution in [0.2, 0.25) is 0 Å². The minimum atomic E-state index is -0.230. The van der Waals surface area contributed by atoms with Gasteiger partial charge in [0.25, 0.3) is 0 Å². The molecule has 1 spiro atoms. The molecule has 2 saturated heterocycles. The Morgan fingerprint density at radius 1 is 1.24 bits per heavy atom. The van der Waals surface area contributed by atoms with Gasteiger partial charge in [-0.1, -0.05) is 12.1 Å². The van der Waals surface area contributed by atoms with E-state index in [1.54, 1.807) is 18.9 Å². The van der Waals surface area contributed by atoms with Gasteiger partial charge in [-0.2, -0.15) is 0 Å². The highest BCUT2D eigenvalue weighted by Crippen LogP contribution is 2.36. The molecule has 1 amide bonds. The van der Waals surface area contributed by atoms with Gasteiger partial charge in [-0.15, -0.1) is 0 Å². The van der Waals surface area contributed by atoms with Gasteiger partial charge >= 0.3 is 0 Å². The third-order valence-electron chi connectivity index (χ3n) is 4.04. The minimum Gasteiger partial charge on any atom is -0.336 e. The summed E-state index contributed by atoms with van der Waals surface area (Å²) in [4.78, 5) is 24.2. The summed E-state index contributed by atoms with van der Waals surface area (Å²) >= 11 is 1.59. The van der Waals surface area contributed by atoms with Crippen LogP contribution >= 0.6 is 11.9 Å². The molecule has 0 bridgehead atoms. The predicted molar refractivity (Wildman–Crippen MR) is 82.0 cm³/mol. The summed E-state index contributed by atoms with van der Waals surface area (Å²) in [5, 5.41) is 6.47. The van der Waals surface area contributed by atoms with Crippen LogP contribution in [0.5, 0.6) is 0 Å². The van der Waals surface area contributed by atoms with Crippen LogP contribution in [0.15, 0.2) is 29.2 Å². The molecular formula is C15H19N3O2S. The molecule has 6 heteroatoms. The van der Waals surface area contributed by atoms with Crippen LogP contribution in [0.3, 0.4) is 0 Å². The first-order valence-corrected chi connectivity index (χ1v) is 7.95. The van der Waals surface area contributed by atoms with Crippen LogP contribution in [0.4, 0.5) is 0 Å². The molecule has 2 aliphatic heterocycles. The van der Waals surface area contributed by atoms with Gasteiger partial charge < -0.3 is 10.6 Å². The van der Waals surface area contributed by atoms with Crippen molar-refractivity contribution in [2.75, 3.05) is 19.6 Å². The minimum absolute atomic E-state index is 0.0689. The number of ketones is 1. The lowest BCUT2D eigenvalue weighted by Gasteiger charge is -2.39. The molecule has 2 aliphatic rings. The van der Waals surface area contributed by atoms with Crippen LogP contribution in [0, 0.1) is 0 Å². The molecule has 5 nitrogen and oxygen atoms in total. The molecule has 2 heterocycles. The molecule has 0 saturated carbocycles. The number of carbonyl (C=O) groups is 2. The topological polar surface area (TPSA) is 61.4 Å². The van der Waals surface area contributed by atoms with E-state index in [4.69, 9.17) is 0 Å². The number of nitrogens with zero attached hydrogens (tertiary/aromatic N) is 1. The number of rotatable bonds is 3. The van der Waals surface area contributed by atoms with Crippen molar-refractivity contribution in [3.63, 3.8) is 0 Å². The van der Waals surface area contributed by atoms with Gasteiger partial charge in [0.2, 0.25) is 5.91 Å². The van der Waals surface area contributed by atoms with Crippen molar-refractivity contribution in [1.29, 1.82) is 0 Å². The fourth-order valence-corrected chi connectivity index (χ4v) is 3.95. The van der Waals surface area contributed by atoms with Gasteiger partial charge in [-0.3, -0.25) is 9.59 Å². The van der Waals surface area contributed by atoms with Crippen molar-refractivity contribution in [2.24, 2.45) is 0 Å². The van der Waals surface area contributed by atoms with Crippen molar-refractivity contribution < 1.29 is 9.59 Å². The summed E-state index contributed by atoms with van der Waals surface area (Å²) < 4.78 is 2.15. The van der Waals surface area contributed by atoms with Gasteiger partial charge in [0.1, 0.15) is 5.66 Å². The molecule has 3 rings (SSSR count). The summed E-state index contributed by atoms with van der Waals surface area (Å²) in [6.45, 7) is 3.82. The normalized spacial score (nSPS) is 21.5. The van der Waals surface area contributed by atoms with Crippen molar-refractivity contribution in [2.45, 2.75) is 30.3 Å². The van der Waals surface area contributed by atoms with E-state index in [-0.39, 0.29) is 17.4 Å². The SMILES string of the molecule is CC(=O)c1ccc(SN2CC(=O)NC23CCNCC3)cc1. The van der Waals surface area contributed by atoms with E-state index in [0.29, 0.717) is 12.1 Å². The van der Waals surface area contributed by atoms with Crippen LogP contribution in [-0.4, -0.2) is 41.3 Å². The highest BCUT2D eigenvalue weighted by molar-refractivity contribution is 7.97. The maximum Gasteiger partial charge on any atom is 0.236 e. The van der Waals surface area contributed by atoms with E-state index in [0.717, 1.165) is 30.8 Å². The smallest absolute Gasteiger partial charge is 0.236 e. The fraction of sp³-hybridized carbons (Fsp3) is 0.467. The van der Waals surface area contributed by atoms with Crippen LogP contribution in [-0.2, 0) is 4.79 Å². The van der Waals surface area contributed by atoms with Gasteiger partial charge in [0, 0.05) is 10.5 Å². The lowest BCUT2D eigenvalue weighted by molar-refractivity contribution is -0.119. The summed E-state index contributed by atoms with van der Waals surface area (Å²) in [7, 11) is 0. The number of nitrogens with one attached hydrogen (secondary N) is 2. The number of amides is 1. The van der Waals surface area contributed by atoms with E-state index < -0.39 is 0 Å². The number of hydrogen-bond acceptors (Lipinski definition) is 5. The Bertz CT molecular complexity index is 553. The first-order chi connectivity index (χ1) is 10.1. The predicted octanol–water partition coefficient (Wildman–Crippen LogP) is 1.41. The number of piperidine rings is 1. The molecular weight excluding hydrogens is 286 g/mol. The second-order valence-corrected chi connectivity index (χ2v) is 6.63. The van der Waals surface area contributed by atoms with Gasteiger partial charge in [0.05, 0.1) is 6.54 Å². The van der Waals surface area contributed by atoms with Crippen molar-refractivity contribution >= 4 is 23.6 Å². The average molecular weight is 305 g/mol. The lowest BCUT2D eigenvalue weighted by Crippen LogP contribution is -2.55. The van der Waals surface area contributed by atoms with Gasteiger partial charge in [0.15, 0.2) is 5.78 Å². The molecule has 0 atom stereocenters. The first-order valence-electron chi connectivity index (χ1n) is 7.17. The summed E-state index contributed by atoms with van der Waals surface area (Å²) in [6, 6.07) is 7.56. The second kappa shape index (κ2) is 5.79. The van der Waals surface area contributed by atoms with Gasteiger partial charge in [-0.05, 0) is 56.9 Å². The van der Waals surface area contributed by atoms with E-state index >= 15 is 0 Å². The molecule has 112 valence electrons. The zero-order valence-electron chi connectivity index (χ0n) is 12.0. The Morgan fingerprint density at radius 2 is 1.90 bits per heavy atom. The molecule has 0 radical (unpaired) electrons. The molecule has 1 aromatic carbocycles. The van der Waals surface area contributed by atoms with Crippen molar-refractivity contribution in [3.05, 3.63) is 29.8 Å². The van der Waals surface area contributed by atoms with Crippen LogP contribution < -0.4 is 10.6 Å². The van der Waals surface area contributed by atoms with E-state index in [1.165, 1.54) is 0 Å². The van der Waals surface area contributed by atoms with Crippen LogP contribution in [0.25, 0.3) is 0 Å². The monoisotopic (exact) mass is 305 g/mol. The standard InChI is InChI=1S/C15H19N3O2S/c1-11(19)12-2-4-13(5-3-12)21-18-10-14(20)17-15(18)6-8-16-9-7-15/h2-5,16H,6-10H2,1H3,(H,17,20). The number of carbonyl (C=O) groups excluding carboxylic acids is 2. The molecule has 2 fully saturated rings. The van der Waals surface area contributed by atoms with E-state index in [2.05, 4.69) is 14.9 Å². The Morgan fingerprint density at radius 3 is 2.52 bits per heavy atom. The maximum absolute atomic E-state index is 11.8. The Kier molecular flexibility index (Phi) is 4.01. The van der Waals surface area contributed by atoms with Crippen LogP contribution in [0.1, 0.15) is 30.1 Å². The first kappa shape index (κ1) is 14.6. The third-order valence-corrected chi connectivity index (χ3v) is 5.23. The van der Waals surface area contributed by atoms with Gasteiger partial charge in [-0.25, -0.2) is 4.31 Å². The highest BCUT2D eigenvalue weighted by Gasteiger charge is 2.45. The number of Topliss-reactive ketones (excluding diaryl/α,β-unsaturated/α-hetero) is 1. The molecule has 0 aromatic heterocycles. The molecule has 2 N–H and O–H groups in total. The average Bonchev–Trinajstić information content (AvgIpc) is 2.75. The number of benzene rings is 1. The molecule has 0 aliphatic carbocycles. The Labute approximate surface area is 128 Å². The van der Waals surface area contributed by atoms with E-state index in [1.807, 2.05) is 24.3 Å². The van der Waals surface area contributed by atoms with Crippen molar-refractivity contribution in [1.82, 2.24) is 14.9 Å². The third kappa shape index (κ3) is 2.97. The summed E-state index contributed by atoms with van der Waals surface area (Å²) in [5.74, 6) is 0.157. The van der Waals surface area contributed by atoms with Crippen molar-refractivity contribution in [3.8, 4) is 0 Å². The Hall–Kier alpha value is -1.37. The lowest BCUT2D eigenvalue weighted by atomic mass is 9.99. The largest absolute Gasteiger partial charge is 0.336 e. The molecule has 1 aromatic rings.